The fourth-order valence-corrected chi connectivity index (χ4v) is 8.18. The van der Waals surface area contributed by atoms with E-state index in [0.29, 0.717) is 0 Å². The topological polar surface area (TPSA) is 48.5 Å². The van der Waals surface area contributed by atoms with Gasteiger partial charge in [0.05, 0.1) is 61.7 Å². The molecule has 5 nitrogen and oxygen atoms in total. The Morgan fingerprint density at radius 2 is 0.679 bits per heavy atom. The summed E-state index contributed by atoms with van der Waals surface area (Å²) < 4.78 is 4.81. The third-order valence-corrected chi connectivity index (χ3v) is 10.7. The van der Waals surface area contributed by atoms with Crippen LogP contribution in [0.4, 0.5) is 0 Å². The number of para-hydroxylation sites is 2. The molecular weight excluding hydrogens is 683 g/mol. The summed E-state index contributed by atoms with van der Waals surface area (Å²) in [6.07, 6.45) is 2.06. The van der Waals surface area contributed by atoms with Gasteiger partial charge in [-0.2, -0.15) is 0 Å². The molecule has 0 aliphatic rings. The number of hydrogen-bond acceptors (Lipinski definition) is 3. The van der Waals surface area contributed by atoms with Gasteiger partial charge in [-0.3, -0.25) is 4.98 Å². The van der Waals surface area contributed by atoms with Crippen LogP contribution in [0, 0.1) is 0 Å². The van der Waals surface area contributed by atoms with Crippen LogP contribution in [-0.2, 0) is 0 Å². The van der Waals surface area contributed by atoms with Gasteiger partial charge < -0.3 is 9.13 Å². The molecule has 0 amide bonds. The number of aromatic nitrogens is 5. The first-order chi connectivity index (χ1) is 27.8. The highest BCUT2D eigenvalue weighted by molar-refractivity contribution is 6.22. The molecule has 0 saturated carbocycles. The Balaban J connectivity index is 1.29. The molecule has 0 spiro atoms. The average Bonchev–Trinajstić information content (AvgIpc) is 3.81. The Hall–Kier alpha value is -7.63. The SMILES string of the molecule is c1ccc(-c2cc(-n3c4ccccc4c4cnc5c6ccccc6n(-c6cc(-c7ccccc7)nc(-c7ccccc7)c6)c5c43)cc(-c3ccccc3)n2)cc1. The van der Waals surface area contributed by atoms with Crippen molar-refractivity contribution in [3.8, 4) is 56.4 Å². The largest absolute Gasteiger partial charge is 0.307 e. The van der Waals surface area contributed by atoms with Gasteiger partial charge in [0.25, 0.3) is 0 Å². The van der Waals surface area contributed by atoms with Gasteiger partial charge in [-0.1, -0.05) is 158 Å². The maximum absolute atomic E-state index is 5.27. The zero-order valence-corrected chi connectivity index (χ0v) is 30.3. The van der Waals surface area contributed by atoms with Crippen LogP contribution in [0.15, 0.2) is 200 Å². The lowest BCUT2D eigenvalue weighted by atomic mass is 10.1. The molecule has 0 N–H and O–H groups in total. The zero-order valence-electron chi connectivity index (χ0n) is 30.3. The fourth-order valence-electron chi connectivity index (χ4n) is 8.18. The Labute approximate surface area is 323 Å². The summed E-state index contributed by atoms with van der Waals surface area (Å²) in [4.78, 5) is 15.8. The molecule has 262 valence electrons. The molecule has 0 radical (unpaired) electrons. The van der Waals surface area contributed by atoms with Crippen LogP contribution in [0.5, 0.6) is 0 Å². The number of nitrogens with zero attached hydrogens (tertiary/aromatic N) is 5. The quantitative estimate of drug-likeness (QED) is 0.172. The standard InChI is InChI=1S/C51H33N5/c1-5-17-34(18-6-1)43-29-38(30-44(53-43)35-19-7-2-8-20-35)55-47-27-15-13-25-40(47)42-33-52-49-41-26-14-16-28-48(41)56(51(49)50(42)55)39-31-45(36-21-9-3-10-22-36)54-46(32-39)37-23-11-4-12-24-37/h1-33H. The highest BCUT2D eigenvalue weighted by Crippen LogP contribution is 2.42. The molecule has 6 aromatic carbocycles. The van der Waals surface area contributed by atoms with Crippen molar-refractivity contribution >= 4 is 43.7 Å². The van der Waals surface area contributed by atoms with Crippen molar-refractivity contribution in [2.75, 3.05) is 0 Å². The molecule has 0 bridgehead atoms. The van der Waals surface area contributed by atoms with Gasteiger partial charge in [0.1, 0.15) is 0 Å². The monoisotopic (exact) mass is 715 g/mol. The molecule has 11 rings (SSSR count). The van der Waals surface area contributed by atoms with Crippen molar-refractivity contribution in [3.05, 3.63) is 200 Å². The minimum absolute atomic E-state index is 0.905. The molecule has 56 heavy (non-hydrogen) atoms. The summed E-state index contributed by atoms with van der Waals surface area (Å²) in [5.41, 5.74) is 15.1. The average molecular weight is 716 g/mol. The van der Waals surface area contributed by atoms with Crippen molar-refractivity contribution < 1.29 is 0 Å². The third-order valence-electron chi connectivity index (χ3n) is 10.7. The van der Waals surface area contributed by atoms with E-state index in [1.807, 2.05) is 24.3 Å². The molecule has 0 atom stereocenters. The van der Waals surface area contributed by atoms with E-state index in [1.54, 1.807) is 0 Å². The van der Waals surface area contributed by atoms with Crippen LogP contribution < -0.4 is 0 Å². The molecule has 0 aliphatic carbocycles. The minimum atomic E-state index is 0.905. The van der Waals surface area contributed by atoms with Gasteiger partial charge in [-0.05, 0) is 36.4 Å². The summed E-state index contributed by atoms with van der Waals surface area (Å²) in [5, 5.41) is 3.31. The maximum atomic E-state index is 5.27. The minimum Gasteiger partial charge on any atom is -0.307 e. The number of fused-ring (bicyclic) bond motifs is 7. The Bertz CT molecular complexity index is 2890. The Morgan fingerprint density at radius 1 is 0.321 bits per heavy atom. The highest BCUT2D eigenvalue weighted by atomic mass is 15.1. The van der Waals surface area contributed by atoms with Crippen LogP contribution in [0.25, 0.3) is 100 Å². The summed E-state index contributed by atoms with van der Waals surface area (Å²) in [5.74, 6) is 0. The second kappa shape index (κ2) is 13.0. The first-order valence-corrected chi connectivity index (χ1v) is 18.9. The van der Waals surface area contributed by atoms with Crippen LogP contribution in [0.3, 0.4) is 0 Å². The fraction of sp³-hybridized carbons (Fsp3) is 0. The molecule has 0 saturated heterocycles. The van der Waals surface area contributed by atoms with Gasteiger partial charge >= 0.3 is 0 Å². The summed E-state index contributed by atoms with van der Waals surface area (Å²) >= 11 is 0. The van der Waals surface area contributed by atoms with Crippen LogP contribution in [0.2, 0.25) is 0 Å². The highest BCUT2D eigenvalue weighted by Gasteiger charge is 2.24. The normalized spacial score (nSPS) is 11.6. The van der Waals surface area contributed by atoms with E-state index in [4.69, 9.17) is 15.0 Å². The summed E-state index contributed by atoms with van der Waals surface area (Å²) in [7, 11) is 0. The molecule has 0 aliphatic heterocycles. The lowest BCUT2D eigenvalue weighted by molar-refractivity contribution is 1.13. The lowest BCUT2D eigenvalue weighted by Gasteiger charge is -2.16. The molecular formula is C51H33N5. The lowest BCUT2D eigenvalue weighted by Crippen LogP contribution is -2.02. The molecule has 0 fully saturated rings. The van der Waals surface area contributed by atoms with Gasteiger partial charge in [-0.15, -0.1) is 0 Å². The molecule has 11 aromatic rings. The zero-order chi connectivity index (χ0) is 37.0. The van der Waals surface area contributed by atoms with E-state index >= 15 is 0 Å². The number of pyridine rings is 3. The number of benzene rings is 6. The van der Waals surface area contributed by atoms with Gasteiger partial charge in [0.15, 0.2) is 0 Å². The maximum Gasteiger partial charge on any atom is 0.0985 e. The van der Waals surface area contributed by atoms with E-state index in [9.17, 15) is 0 Å². The van der Waals surface area contributed by atoms with Gasteiger partial charge in [0.2, 0.25) is 0 Å². The number of hydrogen-bond donors (Lipinski definition) is 0. The van der Waals surface area contributed by atoms with E-state index in [0.717, 1.165) is 100 Å². The van der Waals surface area contributed by atoms with E-state index in [1.165, 1.54) is 0 Å². The first-order valence-electron chi connectivity index (χ1n) is 18.9. The van der Waals surface area contributed by atoms with Crippen molar-refractivity contribution in [2.45, 2.75) is 0 Å². The molecule has 5 heteroatoms. The van der Waals surface area contributed by atoms with Crippen molar-refractivity contribution in [2.24, 2.45) is 0 Å². The Kier molecular flexibility index (Phi) is 7.42. The predicted molar refractivity (Wildman–Crippen MR) is 230 cm³/mol. The Morgan fingerprint density at radius 3 is 1.12 bits per heavy atom. The first kappa shape index (κ1) is 31.9. The second-order valence-corrected chi connectivity index (χ2v) is 14.1. The van der Waals surface area contributed by atoms with Gasteiger partial charge in [-0.25, -0.2) is 9.97 Å². The predicted octanol–water partition coefficient (Wildman–Crippen LogP) is 12.7. The molecule has 0 unspecified atom stereocenters. The third kappa shape index (κ3) is 5.21. The summed E-state index contributed by atoms with van der Waals surface area (Å²) in [6.45, 7) is 0. The van der Waals surface area contributed by atoms with Crippen LogP contribution >= 0.6 is 0 Å². The van der Waals surface area contributed by atoms with Crippen molar-refractivity contribution in [3.63, 3.8) is 0 Å². The van der Waals surface area contributed by atoms with Crippen molar-refractivity contribution in [1.29, 1.82) is 0 Å². The van der Waals surface area contributed by atoms with E-state index < -0.39 is 0 Å². The van der Waals surface area contributed by atoms with Crippen LogP contribution in [-0.4, -0.2) is 24.1 Å². The molecule has 5 heterocycles. The molecule has 5 aromatic heterocycles. The van der Waals surface area contributed by atoms with Crippen molar-refractivity contribution in [1.82, 2.24) is 24.1 Å². The van der Waals surface area contributed by atoms with Crippen LogP contribution in [0.1, 0.15) is 0 Å². The number of rotatable bonds is 6. The van der Waals surface area contributed by atoms with E-state index in [2.05, 4.69) is 185 Å². The second-order valence-electron chi connectivity index (χ2n) is 14.1. The smallest absolute Gasteiger partial charge is 0.0985 e. The summed E-state index contributed by atoms with van der Waals surface area (Å²) in [6, 6.07) is 67.9. The van der Waals surface area contributed by atoms with Gasteiger partial charge in [0, 0.05) is 44.6 Å². The van der Waals surface area contributed by atoms with E-state index in [-0.39, 0.29) is 0 Å².